The first-order valence-electron chi connectivity index (χ1n) is 15.3. The van der Waals surface area contributed by atoms with Crippen LogP contribution in [0.5, 0.6) is 17.2 Å². The highest BCUT2D eigenvalue weighted by Gasteiger charge is 2.56. The van der Waals surface area contributed by atoms with Crippen LogP contribution in [0.3, 0.4) is 0 Å². The lowest BCUT2D eigenvalue weighted by Gasteiger charge is -2.43. The summed E-state index contributed by atoms with van der Waals surface area (Å²) in [6.45, 7) is 7.28. The standard InChI is InChI=1S/C34H37N3O8S/c1-16-29(41)27(18(3)38)31-28(30(16)42)34(4)24(45-31)12-23(39)26(32(34)43)17(2)35-21(9-10-46-5)33(44)36-13-19-11-20(15-36)22-7-6-8-25(40)37(22)14-19/h6-8,12,19-21,35,41-42H,9-11,13-15H2,1-5H3/t19?,20?,21-,34-/m0/s1. The number of carbonyl (C=O) groups is 4. The Morgan fingerprint density at radius 1 is 1.13 bits per heavy atom. The molecule has 242 valence electrons. The van der Waals surface area contributed by atoms with E-state index in [1.54, 1.807) is 30.8 Å². The van der Waals surface area contributed by atoms with Crippen molar-refractivity contribution in [3.8, 4) is 17.2 Å². The number of aromatic nitrogens is 1. The third-order valence-corrected chi connectivity index (χ3v) is 10.5. The minimum Gasteiger partial charge on any atom is -0.507 e. The van der Waals surface area contributed by atoms with E-state index < -0.39 is 40.3 Å². The van der Waals surface area contributed by atoms with Crippen LogP contribution in [0.4, 0.5) is 0 Å². The Hall–Kier alpha value is -4.32. The van der Waals surface area contributed by atoms with E-state index in [4.69, 9.17) is 4.74 Å². The van der Waals surface area contributed by atoms with E-state index in [1.165, 1.54) is 26.8 Å². The molecule has 4 aliphatic rings. The molecule has 12 heteroatoms. The predicted octanol–water partition coefficient (Wildman–Crippen LogP) is 3.09. The van der Waals surface area contributed by atoms with Gasteiger partial charge in [0.15, 0.2) is 17.3 Å². The fraction of sp³-hybridized carbons (Fsp3) is 0.441. The van der Waals surface area contributed by atoms with Gasteiger partial charge in [0.05, 0.1) is 11.1 Å². The van der Waals surface area contributed by atoms with Crippen molar-refractivity contribution in [2.24, 2.45) is 5.92 Å². The molecule has 4 atom stereocenters. The van der Waals surface area contributed by atoms with Crippen molar-refractivity contribution < 1.29 is 34.1 Å². The van der Waals surface area contributed by atoms with Crippen LogP contribution in [0, 0.1) is 12.8 Å². The van der Waals surface area contributed by atoms with E-state index in [0.29, 0.717) is 31.8 Å². The number of thioether (sulfide) groups is 1. The van der Waals surface area contributed by atoms with Crippen molar-refractivity contribution in [2.45, 2.75) is 64.5 Å². The highest BCUT2D eigenvalue weighted by atomic mass is 32.2. The third kappa shape index (κ3) is 4.76. The van der Waals surface area contributed by atoms with Crippen LogP contribution in [-0.2, 0) is 26.3 Å². The Balaban J connectivity index is 1.33. The lowest BCUT2D eigenvalue weighted by atomic mass is 9.70. The molecule has 1 aromatic heterocycles. The smallest absolute Gasteiger partial charge is 0.250 e. The highest BCUT2D eigenvalue weighted by Crippen LogP contribution is 2.57. The number of ketones is 3. The number of aromatic hydroxyl groups is 2. The molecule has 2 aromatic rings. The van der Waals surface area contributed by atoms with Crippen molar-refractivity contribution in [1.29, 1.82) is 0 Å². The first-order chi connectivity index (χ1) is 21.8. The Morgan fingerprint density at radius 3 is 2.57 bits per heavy atom. The Labute approximate surface area is 270 Å². The van der Waals surface area contributed by atoms with Gasteiger partial charge in [0, 0.05) is 54.6 Å². The zero-order valence-corrected chi connectivity index (χ0v) is 27.2. The molecule has 1 fully saturated rings. The van der Waals surface area contributed by atoms with Gasteiger partial charge in [-0.1, -0.05) is 6.07 Å². The molecule has 2 bridgehead atoms. The van der Waals surface area contributed by atoms with Crippen molar-refractivity contribution >= 4 is 35.0 Å². The molecule has 4 heterocycles. The molecule has 1 aromatic carbocycles. The van der Waals surface area contributed by atoms with Gasteiger partial charge in [-0.15, -0.1) is 0 Å². The van der Waals surface area contributed by atoms with E-state index in [2.05, 4.69) is 5.32 Å². The normalized spacial score (nSPS) is 24.7. The molecule has 11 nitrogen and oxygen atoms in total. The number of nitrogens with one attached hydrogen (secondary N) is 1. The van der Waals surface area contributed by atoms with Gasteiger partial charge < -0.3 is 29.7 Å². The monoisotopic (exact) mass is 647 g/mol. The summed E-state index contributed by atoms with van der Waals surface area (Å²) < 4.78 is 7.67. The first-order valence-corrected chi connectivity index (χ1v) is 16.7. The van der Waals surface area contributed by atoms with Crippen LogP contribution in [-0.4, -0.2) is 74.1 Å². The third-order valence-electron chi connectivity index (χ3n) is 9.85. The van der Waals surface area contributed by atoms with Crippen LogP contribution >= 0.6 is 11.8 Å². The van der Waals surface area contributed by atoms with Crippen LogP contribution in [0.25, 0.3) is 0 Å². The second kappa shape index (κ2) is 11.5. The number of phenolic OH excluding ortho intramolecular Hbond substituents is 2. The number of carbonyl (C=O) groups excluding carboxylic acids is 4. The number of piperidine rings is 1. The van der Waals surface area contributed by atoms with Gasteiger partial charge in [-0.25, -0.2) is 0 Å². The van der Waals surface area contributed by atoms with E-state index >= 15 is 0 Å². The minimum absolute atomic E-state index is 0.0105. The molecule has 3 N–H and O–H groups in total. The molecule has 1 amide bonds. The number of benzene rings is 1. The van der Waals surface area contributed by atoms with E-state index in [0.717, 1.165) is 12.1 Å². The fourth-order valence-corrected chi connectivity index (χ4v) is 7.96. The summed E-state index contributed by atoms with van der Waals surface area (Å²) in [5, 5.41) is 24.9. The summed E-state index contributed by atoms with van der Waals surface area (Å²) in [7, 11) is 0. The number of hydrogen-bond donors (Lipinski definition) is 3. The number of hydrogen-bond acceptors (Lipinski definition) is 10. The lowest BCUT2D eigenvalue weighted by molar-refractivity contribution is -0.136. The van der Waals surface area contributed by atoms with Gasteiger partial charge in [0.1, 0.15) is 40.0 Å². The zero-order valence-electron chi connectivity index (χ0n) is 26.4. The number of fused-ring (bicyclic) bond motifs is 7. The molecule has 46 heavy (non-hydrogen) atoms. The fourth-order valence-electron chi connectivity index (χ4n) is 7.49. The molecule has 1 aliphatic carbocycles. The quantitative estimate of drug-likeness (QED) is 0.232. The van der Waals surface area contributed by atoms with Gasteiger partial charge >= 0.3 is 0 Å². The van der Waals surface area contributed by atoms with Crippen LogP contribution in [0.2, 0.25) is 0 Å². The maximum absolute atomic E-state index is 14.3. The average Bonchev–Trinajstić information content (AvgIpc) is 3.30. The van der Waals surface area contributed by atoms with Crippen molar-refractivity contribution in [2.75, 3.05) is 25.1 Å². The van der Waals surface area contributed by atoms with Gasteiger partial charge in [-0.2, -0.15) is 11.8 Å². The molecular weight excluding hydrogens is 610 g/mol. The predicted molar refractivity (Wildman–Crippen MR) is 171 cm³/mol. The molecule has 0 spiro atoms. The van der Waals surface area contributed by atoms with Crippen molar-refractivity contribution in [3.05, 3.63) is 74.0 Å². The molecule has 6 rings (SSSR count). The summed E-state index contributed by atoms with van der Waals surface area (Å²) in [5.74, 6) is -2.18. The second-order valence-electron chi connectivity index (χ2n) is 12.8. The molecule has 0 saturated carbocycles. The number of nitrogens with zero attached hydrogens (tertiary/aromatic N) is 2. The number of likely N-dealkylation sites (tertiary alicyclic amines) is 1. The Bertz CT molecular complexity index is 1840. The van der Waals surface area contributed by atoms with Gasteiger partial charge in [-0.3, -0.25) is 24.0 Å². The highest BCUT2D eigenvalue weighted by molar-refractivity contribution is 7.98. The maximum atomic E-state index is 14.3. The summed E-state index contributed by atoms with van der Waals surface area (Å²) >= 11 is 1.58. The number of pyridine rings is 1. The first kappa shape index (κ1) is 31.7. The number of phenols is 2. The molecule has 3 aliphatic heterocycles. The number of Topliss-reactive ketones (excluding diaryl/α,β-unsaturated/α-hetero) is 2. The number of allylic oxidation sites excluding steroid dienone is 4. The van der Waals surface area contributed by atoms with Crippen LogP contribution < -0.4 is 15.6 Å². The Morgan fingerprint density at radius 2 is 1.87 bits per heavy atom. The summed E-state index contributed by atoms with van der Waals surface area (Å²) in [6.07, 6.45) is 4.45. The van der Waals surface area contributed by atoms with Gasteiger partial charge in [0.25, 0.3) is 5.56 Å². The number of amides is 1. The van der Waals surface area contributed by atoms with Gasteiger partial charge in [-0.05, 0) is 64.5 Å². The molecule has 2 unspecified atom stereocenters. The van der Waals surface area contributed by atoms with Crippen molar-refractivity contribution in [3.63, 3.8) is 0 Å². The summed E-state index contributed by atoms with van der Waals surface area (Å²) in [6, 6.07) is 4.54. The maximum Gasteiger partial charge on any atom is 0.250 e. The molecule has 1 saturated heterocycles. The largest absolute Gasteiger partial charge is 0.507 e. The zero-order chi connectivity index (χ0) is 33.2. The topological polar surface area (TPSA) is 155 Å². The van der Waals surface area contributed by atoms with Gasteiger partial charge in [0.2, 0.25) is 5.91 Å². The van der Waals surface area contributed by atoms with Crippen molar-refractivity contribution in [1.82, 2.24) is 14.8 Å². The van der Waals surface area contributed by atoms with Crippen LogP contribution in [0.15, 0.2) is 46.1 Å². The molecule has 0 radical (unpaired) electrons. The summed E-state index contributed by atoms with van der Waals surface area (Å²) in [5.41, 5.74) is -0.862. The number of rotatable bonds is 7. The average molecular weight is 648 g/mol. The lowest BCUT2D eigenvalue weighted by Crippen LogP contribution is -2.54. The molecular formula is C34H37N3O8S. The number of ether oxygens (including phenoxy) is 1. The van der Waals surface area contributed by atoms with E-state index in [9.17, 15) is 34.2 Å². The van der Waals surface area contributed by atoms with E-state index in [-0.39, 0.29) is 62.8 Å². The summed E-state index contributed by atoms with van der Waals surface area (Å²) in [4.78, 5) is 68.7. The van der Waals surface area contributed by atoms with E-state index in [1.807, 2.05) is 21.8 Å². The van der Waals surface area contributed by atoms with Crippen LogP contribution in [0.1, 0.15) is 66.7 Å². The SMILES string of the molecule is CSCC[C@H](NC(C)=C1C(=O)C=C2Oc3c(C(C)=O)c(O)c(C)c(O)c3[C@@]2(C)C1=O)C(=O)N1CC2CC(C1)c1cccc(=O)n1C2. The Kier molecular flexibility index (Phi) is 7.90. The minimum atomic E-state index is -1.65. The second-order valence-corrected chi connectivity index (χ2v) is 13.8.